The van der Waals surface area contributed by atoms with E-state index in [1.807, 2.05) is 0 Å². The van der Waals surface area contributed by atoms with Crippen LogP contribution >= 0.6 is 23.2 Å². The van der Waals surface area contributed by atoms with E-state index in [4.69, 9.17) is 32.8 Å². The van der Waals surface area contributed by atoms with Crippen LogP contribution in [0.15, 0.2) is 77.7 Å². The highest BCUT2D eigenvalue weighted by atomic mass is 35.5. The molecule has 0 spiro atoms. The maximum absolute atomic E-state index is 13.5. The van der Waals surface area contributed by atoms with Crippen molar-refractivity contribution in [3.05, 3.63) is 88.4 Å². The molecule has 0 aliphatic rings. The fraction of sp³-hybridized carbons (Fsp3) is 0.130. The normalized spacial score (nSPS) is 10.9. The molecule has 8 nitrogen and oxygen atoms in total. The molecular formula is C23H20Cl2N2O6S. The number of esters is 1. The monoisotopic (exact) mass is 522 g/mol. The summed E-state index contributed by atoms with van der Waals surface area (Å²) < 4.78 is 32.4. The number of carbonyl (C=O) groups excluding carboxylic acids is 2. The molecule has 0 saturated carbocycles. The molecule has 1 N–H and O–H groups in total. The number of amides is 1. The van der Waals surface area contributed by atoms with E-state index in [2.05, 4.69) is 5.32 Å². The van der Waals surface area contributed by atoms with Crippen LogP contribution in [0.1, 0.15) is 17.3 Å². The number of anilines is 1. The quantitative estimate of drug-likeness (QED) is 0.328. The summed E-state index contributed by atoms with van der Waals surface area (Å²) in [4.78, 5) is 29.2. The minimum absolute atomic E-state index is 0.0773. The van der Waals surface area contributed by atoms with Gasteiger partial charge >= 0.3 is 5.97 Å². The predicted octanol–water partition coefficient (Wildman–Crippen LogP) is 4.48. The van der Waals surface area contributed by atoms with Crippen molar-refractivity contribution in [2.75, 3.05) is 17.6 Å². The highest BCUT2D eigenvalue weighted by Crippen LogP contribution is 2.32. The first kappa shape index (κ1) is 25.4. The first-order chi connectivity index (χ1) is 16.2. The van der Waals surface area contributed by atoms with Gasteiger partial charge in [0.25, 0.3) is 15.9 Å². The minimum Gasteiger partial charge on any atom is -0.465 e. The third-order valence-electron chi connectivity index (χ3n) is 4.37. The Hall–Kier alpha value is -3.27. The zero-order valence-corrected chi connectivity index (χ0v) is 20.2. The van der Waals surface area contributed by atoms with E-state index >= 15 is 0 Å². The van der Waals surface area contributed by atoms with E-state index in [1.165, 1.54) is 42.5 Å². The first-order valence-electron chi connectivity index (χ1n) is 9.99. The van der Waals surface area contributed by atoms with Crippen molar-refractivity contribution >= 4 is 50.8 Å². The number of carbonyl (C=O) groups is 2. The molecule has 1 amide bonds. The topological polar surface area (TPSA) is 102 Å². The van der Waals surface area contributed by atoms with E-state index in [0.29, 0.717) is 5.02 Å². The lowest BCUT2D eigenvalue weighted by Crippen LogP contribution is -2.34. The maximum atomic E-state index is 13.5. The van der Waals surface area contributed by atoms with Crippen LogP contribution in [-0.4, -0.2) is 33.4 Å². The molecular weight excluding hydrogens is 503 g/mol. The lowest BCUT2D eigenvalue weighted by Gasteiger charge is -2.24. The molecule has 0 atom stereocenters. The second-order valence-corrected chi connectivity index (χ2v) is 9.34. The van der Waals surface area contributed by atoms with E-state index in [-0.39, 0.29) is 40.1 Å². The third kappa shape index (κ3) is 6.19. The number of hydrogen-bond donors (Lipinski definition) is 1. The van der Waals surface area contributed by atoms with E-state index in [0.717, 1.165) is 4.47 Å². The Labute approximate surface area is 207 Å². The van der Waals surface area contributed by atoms with Crippen molar-refractivity contribution in [1.29, 1.82) is 0 Å². The molecule has 34 heavy (non-hydrogen) atoms. The van der Waals surface area contributed by atoms with Crippen LogP contribution in [0, 0.1) is 0 Å². The van der Waals surface area contributed by atoms with Crippen molar-refractivity contribution in [2.45, 2.75) is 11.8 Å². The van der Waals surface area contributed by atoms with Gasteiger partial charge in [0.1, 0.15) is 6.54 Å². The summed E-state index contributed by atoms with van der Waals surface area (Å²) in [6.45, 7) is 1.55. The number of para-hydroxylation sites is 1. The number of hydrogen-bond acceptors (Lipinski definition) is 6. The van der Waals surface area contributed by atoms with Gasteiger partial charge in [0.05, 0.1) is 22.2 Å². The number of benzene rings is 3. The van der Waals surface area contributed by atoms with Gasteiger partial charge in [-0.05, 0) is 61.5 Å². The lowest BCUT2D eigenvalue weighted by molar-refractivity contribution is -0.141. The highest BCUT2D eigenvalue weighted by Gasteiger charge is 2.28. The van der Waals surface area contributed by atoms with Crippen molar-refractivity contribution in [1.82, 2.24) is 5.32 Å². The largest absolute Gasteiger partial charge is 0.465 e. The Morgan fingerprint density at radius 2 is 1.65 bits per heavy atom. The van der Waals surface area contributed by atoms with Crippen LogP contribution in [-0.2, 0) is 19.6 Å². The molecule has 3 rings (SSSR count). The molecule has 3 aromatic carbocycles. The second-order valence-electron chi connectivity index (χ2n) is 6.75. The van der Waals surface area contributed by atoms with Crippen molar-refractivity contribution in [3.8, 4) is 5.75 Å². The maximum Gasteiger partial charge on any atom is 0.325 e. The van der Waals surface area contributed by atoms with Crippen molar-refractivity contribution in [3.63, 3.8) is 0 Å². The van der Waals surface area contributed by atoms with E-state index in [1.54, 1.807) is 37.3 Å². The van der Waals surface area contributed by atoms with Gasteiger partial charge in [-0.25, -0.2) is 0 Å². The van der Waals surface area contributed by atoms with E-state index in [9.17, 15) is 18.0 Å². The molecule has 3 aromatic rings. The standard InChI is InChI=1S/C23H20Cl2N2O6S/c1-2-32-22(28)15-26-23(29)16-8-11-19(12-9-16)34(30,31)27(18-6-4-3-5-7-18)33-21-13-10-17(24)14-20(21)25/h3-14H,2,15H2,1H3,(H,26,29). The Balaban J connectivity index is 1.88. The molecule has 0 aliphatic heterocycles. The van der Waals surface area contributed by atoms with Gasteiger partial charge in [0, 0.05) is 10.6 Å². The van der Waals surface area contributed by atoms with Gasteiger partial charge in [-0.15, -0.1) is 0 Å². The summed E-state index contributed by atoms with van der Waals surface area (Å²) in [7, 11) is -4.24. The summed E-state index contributed by atoms with van der Waals surface area (Å²) in [6.07, 6.45) is 0. The van der Waals surface area contributed by atoms with Gasteiger partial charge in [-0.1, -0.05) is 45.9 Å². The van der Waals surface area contributed by atoms with Gasteiger partial charge in [0.2, 0.25) is 0 Å². The number of ether oxygens (including phenoxy) is 1. The fourth-order valence-electron chi connectivity index (χ4n) is 2.77. The van der Waals surface area contributed by atoms with Crippen LogP contribution in [0.5, 0.6) is 5.75 Å². The molecule has 0 aliphatic carbocycles. The van der Waals surface area contributed by atoms with Crippen LogP contribution in [0.2, 0.25) is 10.0 Å². The average molecular weight is 523 g/mol. The predicted molar refractivity (Wildman–Crippen MR) is 129 cm³/mol. The number of rotatable bonds is 9. The number of nitrogens with zero attached hydrogens (tertiary/aromatic N) is 1. The Morgan fingerprint density at radius 1 is 0.971 bits per heavy atom. The highest BCUT2D eigenvalue weighted by molar-refractivity contribution is 7.92. The number of nitrogens with one attached hydrogen (secondary N) is 1. The van der Waals surface area contributed by atoms with E-state index < -0.39 is 21.9 Å². The molecule has 0 fully saturated rings. The summed E-state index contributed by atoms with van der Waals surface area (Å²) in [6, 6.07) is 17.7. The van der Waals surface area contributed by atoms with Gasteiger partial charge in [0.15, 0.2) is 5.75 Å². The third-order valence-corrected chi connectivity index (χ3v) is 6.49. The molecule has 0 unspecified atom stereocenters. The summed E-state index contributed by atoms with van der Waals surface area (Å²) in [5.41, 5.74) is 0.390. The van der Waals surface area contributed by atoms with Gasteiger partial charge in [-0.3, -0.25) is 9.59 Å². The second kappa shape index (κ2) is 11.2. The molecule has 11 heteroatoms. The van der Waals surface area contributed by atoms with Crippen molar-refractivity contribution in [2.24, 2.45) is 0 Å². The fourth-order valence-corrected chi connectivity index (χ4v) is 4.46. The number of halogens is 2. The van der Waals surface area contributed by atoms with Crippen LogP contribution in [0.4, 0.5) is 5.69 Å². The summed E-state index contributed by atoms with van der Waals surface area (Å²) in [5.74, 6) is -1.05. The zero-order valence-electron chi connectivity index (χ0n) is 17.9. The molecule has 0 bridgehead atoms. The SMILES string of the molecule is CCOC(=O)CNC(=O)c1ccc(S(=O)(=O)N(Oc2ccc(Cl)cc2Cl)c2ccccc2)cc1. The van der Waals surface area contributed by atoms with Crippen LogP contribution in [0.25, 0.3) is 0 Å². The molecule has 0 saturated heterocycles. The van der Waals surface area contributed by atoms with Gasteiger partial charge in [-0.2, -0.15) is 8.42 Å². The molecule has 0 heterocycles. The smallest absolute Gasteiger partial charge is 0.325 e. The Bertz CT molecular complexity index is 1270. The molecule has 178 valence electrons. The van der Waals surface area contributed by atoms with Gasteiger partial charge < -0.3 is 14.9 Å². The minimum atomic E-state index is -4.24. The zero-order chi connectivity index (χ0) is 24.7. The first-order valence-corrected chi connectivity index (χ1v) is 12.2. The number of sulfonamides is 1. The lowest BCUT2D eigenvalue weighted by atomic mass is 10.2. The summed E-state index contributed by atoms with van der Waals surface area (Å²) in [5, 5.41) is 2.90. The Morgan fingerprint density at radius 3 is 2.26 bits per heavy atom. The summed E-state index contributed by atoms with van der Waals surface area (Å²) >= 11 is 12.1. The Kier molecular flexibility index (Phi) is 8.38. The van der Waals surface area contributed by atoms with Crippen LogP contribution < -0.4 is 14.6 Å². The van der Waals surface area contributed by atoms with Crippen molar-refractivity contribution < 1.29 is 27.6 Å². The van der Waals surface area contributed by atoms with Crippen LogP contribution in [0.3, 0.4) is 0 Å². The molecule has 0 aromatic heterocycles. The average Bonchev–Trinajstić information content (AvgIpc) is 2.82. The molecule has 0 radical (unpaired) electrons.